The van der Waals surface area contributed by atoms with Crippen molar-refractivity contribution in [3.8, 4) is 0 Å². The number of hydrogen-bond donors (Lipinski definition) is 1. The number of nitrogens with one attached hydrogen (secondary N) is 1. The van der Waals surface area contributed by atoms with E-state index in [4.69, 9.17) is 11.6 Å². The highest BCUT2D eigenvalue weighted by Crippen LogP contribution is 2.22. The molecule has 0 spiro atoms. The molecule has 0 radical (unpaired) electrons. The van der Waals surface area contributed by atoms with Crippen molar-refractivity contribution in [2.45, 2.75) is 6.42 Å². The number of anilines is 1. The number of amides is 1. The predicted octanol–water partition coefficient (Wildman–Crippen LogP) is 5.79. The lowest BCUT2D eigenvalue weighted by molar-refractivity contribution is 0.102. The third-order valence-corrected chi connectivity index (χ3v) is 4.85. The summed E-state index contributed by atoms with van der Waals surface area (Å²) < 4.78 is 0.870. The monoisotopic (exact) mass is 447 g/mol. The van der Waals surface area contributed by atoms with Crippen LogP contribution in [0.25, 0.3) is 0 Å². The number of carbonyl (C=O) groups excluding carboxylic acids is 1. The Morgan fingerprint density at radius 2 is 1.67 bits per heavy atom. The van der Waals surface area contributed by atoms with Crippen LogP contribution in [0.15, 0.2) is 72.8 Å². The zero-order chi connectivity index (χ0) is 16.9. The van der Waals surface area contributed by atoms with Crippen LogP contribution in [0.3, 0.4) is 0 Å². The van der Waals surface area contributed by atoms with Gasteiger partial charge in [-0.3, -0.25) is 4.79 Å². The average Bonchev–Trinajstić information content (AvgIpc) is 2.59. The van der Waals surface area contributed by atoms with Crippen LogP contribution in [0.1, 0.15) is 21.5 Å². The van der Waals surface area contributed by atoms with Gasteiger partial charge in [0.05, 0.1) is 5.56 Å². The van der Waals surface area contributed by atoms with E-state index >= 15 is 0 Å². The van der Waals surface area contributed by atoms with Crippen molar-refractivity contribution >= 4 is 45.8 Å². The van der Waals surface area contributed by atoms with Gasteiger partial charge < -0.3 is 5.32 Å². The van der Waals surface area contributed by atoms with Crippen molar-refractivity contribution in [2.75, 3.05) is 5.32 Å². The van der Waals surface area contributed by atoms with E-state index in [2.05, 4.69) is 40.0 Å². The topological polar surface area (TPSA) is 29.1 Å². The van der Waals surface area contributed by atoms with Crippen molar-refractivity contribution < 1.29 is 4.79 Å². The number of para-hydroxylation sites is 1. The van der Waals surface area contributed by atoms with Gasteiger partial charge in [-0.2, -0.15) is 0 Å². The van der Waals surface area contributed by atoms with Gasteiger partial charge in [-0.1, -0.05) is 60.1 Å². The fourth-order valence-corrected chi connectivity index (χ4v) is 3.23. The lowest BCUT2D eigenvalue weighted by Crippen LogP contribution is -2.14. The molecule has 0 saturated heterocycles. The van der Waals surface area contributed by atoms with E-state index in [0.717, 1.165) is 21.2 Å². The number of benzene rings is 3. The first kappa shape index (κ1) is 17.0. The van der Waals surface area contributed by atoms with E-state index in [0.29, 0.717) is 10.6 Å². The summed E-state index contributed by atoms with van der Waals surface area (Å²) in [6.07, 6.45) is 0.768. The Kier molecular flexibility index (Phi) is 5.53. The van der Waals surface area contributed by atoms with Crippen molar-refractivity contribution in [3.05, 3.63) is 98.1 Å². The molecular formula is C20H15ClINO. The Balaban J connectivity index is 1.85. The highest BCUT2D eigenvalue weighted by atomic mass is 127. The molecule has 0 aliphatic heterocycles. The minimum Gasteiger partial charge on any atom is -0.322 e. The summed E-state index contributed by atoms with van der Waals surface area (Å²) in [5.41, 5.74) is 3.69. The number of rotatable bonds is 4. The molecule has 0 atom stereocenters. The molecular weight excluding hydrogens is 433 g/mol. The number of hydrogen-bond acceptors (Lipinski definition) is 1. The summed E-state index contributed by atoms with van der Waals surface area (Å²) in [5.74, 6) is -0.151. The van der Waals surface area contributed by atoms with Gasteiger partial charge in [0.25, 0.3) is 5.91 Å². The average molecular weight is 448 g/mol. The van der Waals surface area contributed by atoms with Crippen molar-refractivity contribution in [3.63, 3.8) is 0 Å². The molecule has 120 valence electrons. The molecule has 4 heteroatoms. The maximum Gasteiger partial charge on any atom is 0.256 e. The summed E-state index contributed by atoms with van der Waals surface area (Å²) in [5, 5.41) is 3.57. The molecule has 1 N–H and O–H groups in total. The minimum atomic E-state index is -0.151. The molecule has 0 unspecified atom stereocenters. The van der Waals surface area contributed by atoms with Gasteiger partial charge in [-0.05, 0) is 64.4 Å². The largest absolute Gasteiger partial charge is 0.322 e. The first-order chi connectivity index (χ1) is 11.6. The van der Waals surface area contributed by atoms with Crippen molar-refractivity contribution in [1.82, 2.24) is 0 Å². The molecule has 0 aromatic heterocycles. The molecule has 0 aliphatic rings. The molecule has 0 aliphatic carbocycles. The predicted molar refractivity (Wildman–Crippen MR) is 108 cm³/mol. The molecule has 3 rings (SSSR count). The zero-order valence-corrected chi connectivity index (χ0v) is 15.7. The van der Waals surface area contributed by atoms with Crippen molar-refractivity contribution in [1.29, 1.82) is 0 Å². The first-order valence-electron chi connectivity index (χ1n) is 7.52. The quantitative estimate of drug-likeness (QED) is 0.504. The second-order valence-corrected chi connectivity index (χ2v) is 7.00. The Bertz CT molecular complexity index is 865. The summed E-state index contributed by atoms with van der Waals surface area (Å²) in [4.78, 5) is 12.6. The molecule has 3 aromatic rings. The van der Waals surface area contributed by atoms with Gasteiger partial charge in [-0.25, -0.2) is 0 Å². The van der Waals surface area contributed by atoms with Gasteiger partial charge in [0.2, 0.25) is 0 Å². The first-order valence-corrected chi connectivity index (χ1v) is 8.97. The third-order valence-electron chi connectivity index (χ3n) is 3.68. The van der Waals surface area contributed by atoms with E-state index < -0.39 is 0 Å². The van der Waals surface area contributed by atoms with Crippen LogP contribution >= 0.6 is 34.2 Å². The fraction of sp³-hybridized carbons (Fsp3) is 0.0500. The molecule has 0 bridgehead atoms. The Morgan fingerprint density at radius 3 is 2.46 bits per heavy atom. The van der Waals surface area contributed by atoms with Crippen LogP contribution in [0, 0.1) is 3.57 Å². The van der Waals surface area contributed by atoms with Crippen LogP contribution in [0.5, 0.6) is 0 Å². The standard InChI is InChI=1S/C20H15ClINO/c21-16-10-11-18(22)17(13-16)20(24)23-19-9-5-4-8-15(19)12-14-6-2-1-3-7-14/h1-11,13H,12H2,(H,23,24). The molecule has 0 saturated carbocycles. The summed E-state index contributed by atoms with van der Waals surface area (Å²) in [6.45, 7) is 0. The van der Waals surface area contributed by atoms with Gasteiger partial charge in [0.1, 0.15) is 0 Å². The van der Waals surface area contributed by atoms with E-state index in [1.54, 1.807) is 12.1 Å². The van der Waals surface area contributed by atoms with Crippen LogP contribution < -0.4 is 5.32 Å². The molecule has 3 aromatic carbocycles. The van der Waals surface area contributed by atoms with Crippen LogP contribution in [0.2, 0.25) is 5.02 Å². The molecule has 2 nitrogen and oxygen atoms in total. The Labute approximate surface area is 160 Å². The molecule has 24 heavy (non-hydrogen) atoms. The van der Waals surface area contributed by atoms with E-state index in [9.17, 15) is 4.79 Å². The Hall–Kier alpha value is -1.85. The number of carbonyl (C=O) groups is 1. The normalized spacial score (nSPS) is 10.4. The summed E-state index contributed by atoms with van der Waals surface area (Å²) in [6, 6.07) is 23.4. The fourth-order valence-electron chi connectivity index (χ4n) is 2.47. The molecule has 0 fully saturated rings. The summed E-state index contributed by atoms with van der Waals surface area (Å²) in [7, 11) is 0. The highest BCUT2D eigenvalue weighted by molar-refractivity contribution is 14.1. The van der Waals surface area contributed by atoms with Crippen molar-refractivity contribution in [2.24, 2.45) is 0 Å². The SMILES string of the molecule is O=C(Nc1ccccc1Cc1ccccc1)c1cc(Cl)ccc1I. The molecule has 0 heterocycles. The number of halogens is 2. The van der Waals surface area contributed by atoms with E-state index in [-0.39, 0.29) is 5.91 Å². The Morgan fingerprint density at radius 1 is 0.958 bits per heavy atom. The van der Waals surface area contributed by atoms with Gasteiger partial charge in [0, 0.05) is 14.3 Å². The van der Waals surface area contributed by atoms with Crippen LogP contribution in [0.4, 0.5) is 5.69 Å². The second kappa shape index (κ2) is 7.81. The summed E-state index contributed by atoms with van der Waals surface area (Å²) >= 11 is 8.16. The third kappa shape index (κ3) is 4.16. The maximum atomic E-state index is 12.6. The lowest BCUT2D eigenvalue weighted by Gasteiger charge is -2.12. The molecule has 1 amide bonds. The van der Waals surface area contributed by atoms with Gasteiger partial charge in [0.15, 0.2) is 0 Å². The lowest BCUT2D eigenvalue weighted by atomic mass is 10.0. The smallest absolute Gasteiger partial charge is 0.256 e. The van der Waals surface area contributed by atoms with Crippen LogP contribution in [-0.4, -0.2) is 5.91 Å². The maximum absolute atomic E-state index is 12.6. The van der Waals surface area contributed by atoms with Crippen LogP contribution in [-0.2, 0) is 6.42 Å². The van der Waals surface area contributed by atoms with Gasteiger partial charge in [-0.15, -0.1) is 0 Å². The zero-order valence-electron chi connectivity index (χ0n) is 12.8. The van der Waals surface area contributed by atoms with E-state index in [1.165, 1.54) is 5.56 Å². The highest BCUT2D eigenvalue weighted by Gasteiger charge is 2.13. The second-order valence-electron chi connectivity index (χ2n) is 5.40. The van der Waals surface area contributed by atoms with E-state index in [1.807, 2.05) is 48.5 Å². The minimum absolute atomic E-state index is 0.151. The van der Waals surface area contributed by atoms with Gasteiger partial charge >= 0.3 is 0 Å².